The second-order valence-corrected chi connectivity index (χ2v) is 7.38. The van der Waals surface area contributed by atoms with Gasteiger partial charge in [-0.3, -0.25) is 4.72 Å². The number of hydrogen-bond donors (Lipinski definition) is 1. The van der Waals surface area contributed by atoms with Crippen molar-refractivity contribution in [3.8, 4) is 0 Å². The summed E-state index contributed by atoms with van der Waals surface area (Å²) in [6.45, 7) is 8.44. The maximum atomic E-state index is 12.1. The monoisotopic (exact) mass is 299 g/mol. The number of nitrogens with one attached hydrogen (secondary N) is 1. The molecule has 0 amide bonds. The van der Waals surface area contributed by atoms with Gasteiger partial charge in [0.1, 0.15) is 0 Å². The third-order valence-electron chi connectivity index (χ3n) is 3.19. The molecule has 0 saturated carbocycles. The largest absolute Gasteiger partial charge is 0.384 e. The van der Waals surface area contributed by atoms with Crippen LogP contribution in [0.25, 0.3) is 0 Å². The van der Waals surface area contributed by atoms with Gasteiger partial charge >= 0.3 is 0 Å². The Morgan fingerprint density at radius 3 is 2.00 bits per heavy atom. The summed E-state index contributed by atoms with van der Waals surface area (Å²) in [7, 11) is -1.89. The highest BCUT2D eigenvalue weighted by atomic mass is 32.2. The zero-order valence-corrected chi connectivity index (χ0v) is 13.8. The third kappa shape index (κ3) is 4.49. The summed E-state index contributed by atoms with van der Waals surface area (Å²) in [4.78, 5) is 0. The zero-order chi connectivity index (χ0) is 15.3. The number of hydrogen-bond acceptors (Lipinski definition) is 3. The van der Waals surface area contributed by atoms with E-state index in [4.69, 9.17) is 4.74 Å². The summed E-state index contributed by atoms with van der Waals surface area (Å²) in [5.41, 5.74) is 2.78. The van der Waals surface area contributed by atoms with Crippen molar-refractivity contribution in [2.75, 3.05) is 24.2 Å². The van der Waals surface area contributed by atoms with Gasteiger partial charge in [0.15, 0.2) is 0 Å². The van der Waals surface area contributed by atoms with Gasteiger partial charge < -0.3 is 4.74 Å². The first kappa shape index (κ1) is 17.0. The van der Waals surface area contributed by atoms with E-state index in [1.165, 1.54) is 7.11 Å². The molecule has 0 aliphatic carbocycles. The van der Waals surface area contributed by atoms with Crippen molar-refractivity contribution < 1.29 is 13.2 Å². The molecule has 20 heavy (non-hydrogen) atoms. The fourth-order valence-corrected chi connectivity index (χ4v) is 3.10. The molecule has 114 valence electrons. The molecule has 0 fully saturated rings. The predicted octanol–water partition coefficient (Wildman–Crippen LogP) is 3.32. The number of para-hydroxylation sites is 1. The van der Waals surface area contributed by atoms with Crippen molar-refractivity contribution >= 4 is 15.7 Å². The highest BCUT2D eigenvalue weighted by molar-refractivity contribution is 7.92. The van der Waals surface area contributed by atoms with Crippen LogP contribution in [-0.4, -0.2) is 27.9 Å². The molecule has 0 aliphatic rings. The van der Waals surface area contributed by atoms with E-state index in [0.717, 1.165) is 16.8 Å². The summed E-state index contributed by atoms with van der Waals surface area (Å²) in [5, 5.41) is 0. The number of rotatable bonds is 7. The Morgan fingerprint density at radius 1 is 1.10 bits per heavy atom. The molecule has 1 N–H and O–H groups in total. The Morgan fingerprint density at radius 2 is 1.60 bits per heavy atom. The van der Waals surface area contributed by atoms with Crippen molar-refractivity contribution in [2.24, 2.45) is 0 Å². The fraction of sp³-hybridized carbons (Fsp3) is 0.600. The molecule has 0 aliphatic heterocycles. The minimum atomic E-state index is -3.38. The minimum Gasteiger partial charge on any atom is -0.384 e. The molecule has 1 aromatic rings. The average Bonchev–Trinajstić information content (AvgIpc) is 2.35. The van der Waals surface area contributed by atoms with Crippen LogP contribution in [0.3, 0.4) is 0 Å². The maximum Gasteiger partial charge on any atom is 0.235 e. The van der Waals surface area contributed by atoms with E-state index in [1.807, 2.05) is 18.2 Å². The lowest BCUT2D eigenvalue weighted by atomic mass is 9.93. The molecule has 1 aromatic carbocycles. The molecule has 0 radical (unpaired) electrons. The summed E-state index contributed by atoms with van der Waals surface area (Å²) in [6.07, 6.45) is 0. The van der Waals surface area contributed by atoms with Gasteiger partial charge in [-0.2, -0.15) is 0 Å². The smallest absolute Gasteiger partial charge is 0.235 e. The van der Waals surface area contributed by atoms with Crippen LogP contribution >= 0.6 is 0 Å². The topological polar surface area (TPSA) is 55.4 Å². The molecular weight excluding hydrogens is 274 g/mol. The number of ether oxygens (including phenoxy) is 1. The van der Waals surface area contributed by atoms with E-state index in [2.05, 4.69) is 32.4 Å². The van der Waals surface area contributed by atoms with Crippen molar-refractivity contribution in [2.45, 2.75) is 39.5 Å². The molecule has 0 unspecified atom stereocenters. The highest BCUT2D eigenvalue weighted by Crippen LogP contribution is 2.33. The molecule has 0 spiro atoms. The summed E-state index contributed by atoms with van der Waals surface area (Å²) in [6, 6.07) is 5.94. The second kappa shape index (κ2) is 7.09. The predicted molar refractivity (Wildman–Crippen MR) is 83.9 cm³/mol. The van der Waals surface area contributed by atoms with Crippen LogP contribution < -0.4 is 4.72 Å². The minimum absolute atomic E-state index is 0.0343. The van der Waals surface area contributed by atoms with E-state index < -0.39 is 10.0 Å². The Bertz CT molecular complexity index is 510. The van der Waals surface area contributed by atoms with Gasteiger partial charge in [0.2, 0.25) is 10.0 Å². The first-order valence-corrected chi connectivity index (χ1v) is 8.56. The van der Waals surface area contributed by atoms with E-state index in [-0.39, 0.29) is 24.2 Å². The Hall–Kier alpha value is -1.07. The number of sulfonamides is 1. The van der Waals surface area contributed by atoms with Gasteiger partial charge in [-0.15, -0.1) is 0 Å². The first-order chi connectivity index (χ1) is 9.28. The molecule has 0 saturated heterocycles. The van der Waals surface area contributed by atoms with Crippen LogP contribution in [0.2, 0.25) is 0 Å². The van der Waals surface area contributed by atoms with Crippen LogP contribution in [0.1, 0.15) is 50.7 Å². The normalized spacial score (nSPS) is 12.2. The van der Waals surface area contributed by atoms with Crippen LogP contribution in [0.15, 0.2) is 18.2 Å². The molecular formula is C15H25NO3S. The molecule has 4 nitrogen and oxygen atoms in total. The lowest BCUT2D eigenvalue weighted by molar-refractivity contribution is 0.217. The molecule has 0 atom stereocenters. The van der Waals surface area contributed by atoms with Crippen molar-refractivity contribution in [1.82, 2.24) is 0 Å². The maximum absolute atomic E-state index is 12.1. The van der Waals surface area contributed by atoms with Gasteiger partial charge in [0, 0.05) is 7.11 Å². The molecule has 0 heterocycles. The first-order valence-electron chi connectivity index (χ1n) is 6.90. The summed E-state index contributed by atoms with van der Waals surface area (Å²) >= 11 is 0. The zero-order valence-electron chi connectivity index (χ0n) is 12.9. The SMILES string of the molecule is COCCS(=O)(=O)Nc1c(C(C)C)cccc1C(C)C. The number of benzene rings is 1. The van der Waals surface area contributed by atoms with Gasteiger partial charge in [-0.1, -0.05) is 45.9 Å². The Balaban J connectivity index is 3.20. The average molecular weight is 299 g/mol. The lowest BCUT2D eigenvalue weighted by Gasteiger charge is -2.20. The number of methoxy groups -OCH3 is 1. The van der Waals surface area contributed by atoms with Gasteiger partial charge in [0.05, 0.1) is 18.0 Å². The van der Waals surface area contributed by atoms with Crippen molar-refractivity contribution in [3.05, 3.63) is 29.3 Å². The molecule has 0 bridgehead atoms. The van der Waals surface area contributed by atoms with Gasteiger partial charge in [-0.25, -0.2) is 8.42 Å². The quantitative estimate of drug-likeness (QED) is 0.840. The van der Waals surface area contributed by atoms with Crippen molar-refractivity contribution in [3.63, 3.8) is 0 Å². The van der Waals surface area contributed by atoms with Crippen LogP contribution in [-0.2, 0) is 14.8 Å². The molecule has 1 rings (SSSR count). The van der Waals surface area contributed by atoms with E-state index >= 15 is 0 Å². The van der Waals surface area contributed by atoms with E-state index in [9.17, 15) is 8.42 Å². The van der Waals surface area contributed by atoms with Crippen LogP contribution in [0, 0.1) is 0 Å². The summed E-state index contributed by atoms with van der Waals surface area (Å²) in [5.74, 6) is 0.482. The second-order valence-electron chi connectivity index (χ2n) is 5.53. The Labute approximate surface area is 122 Å². The molecule has 0 aromatic heterocycles. The standard InChI is InChI=1S/C15H25NO3S/c1-11(2)13-7-6-8-14(12(3)4)15(13)16-20(17,18)10-9-19-5/h6-8,11-12,16H,9-10H2,1-5H3. The molecule has 5 heteroatoms. The summed E-state index contributed by atoms with van der Waals surface area (Å²) < 4.78 is 31.8. The van der Waals surface area contributed by atoms with Crippen molar-refractivity contribution in [1.29, 1.82) is 0 Å². The number of anilines is 1. The van der Waals surface area contributed by atoms with E-state index in [0.29, 0.717) is 0 Å². The fourth-order valence-electron chi connectivity index (χ4n) is 2.07. The van der Waals surface area contributed by atoms with Crippen LogP contribution in [0.4, 0.5) is 5.69 Å². The van der Waals surface area contributed by atoms with Gasteiger partial charge in [0.25, 0.3) is 0 Å². The highest BCUT2D eigenvalue weighted by Gasteiger charge is 2.18. The lowest BCUT2D eigenvalue weighted by Crippen LogP contribution is -2.21. The third-order valence-corrected chi connectivity index (χ3v) is 4.41. The van der Waals surface area contributed by atoms with E-state index in [1.54, 1.807) is 0 Å². The van der Waals surface area contributed by atoms with Gasteiger partial charge in [-0.05, 0) is 23.0 Å². The van der Waals surface area contributed by atoms with Crippen LogP contribution in [0.5, 0.6) is 0 Å². The Kier molecular flexibility index (Phi) is 6.02.